The first-order chi connectivity index (χ1) is 17.8. The molecule has 0 saturated heterocycles. The van der Waals surface area contributed by atoms with Gasteiger partial charge in [-0.05, 0) is 68.7 Å². The highest BCUT2D eigenvalue weighted by atomic mass is 127. The summed E-state index contributed by atoms with van der Waals surface area (Å²) in [6.45, 7) is 2.42. The van der Waals surface area contributed by atoms with Crippen LogP contribution >= 0.6 is 0 Å². The molecule has 0 heterocycles. The molecule has 6 nitrogen and oxygen atoms in total. The van der Waals surface area contributed by atoms with E-state index in [0.717, 1.165) is 18.4 Å². The fourth-order valence-electron chi connectivity index (χ4n) is 3.92. The standard InChI is InChI=1S/C25H31INO2S.CHF3O3S/c1-21-14-16-25(17-15-21)30(28,29)27-20-8-11-23(22-9-4-2-5-10-22)18-19-26-24-12-6-3-7-13-24;2-1(3,4)8(5,6)7/h3,6-7,12-17,22-23,27H,2,4-5,8-11,20H2,1H3;(H,5,6,7)/q+1;/p-1. The largest absolute Gasteiger partial charge is 0.741 e. The number of sulfonamides is 1. The molecule has 0 aromatic heterocycles. The molecule has 0 aliphatic heterocycles. The van der Waals surface area contributed by atoms with Crippen LogP contribution in [0, 0.1) is 32.2 Å². The van der Waals surface area contributed by atoms with Crippen molar-refractivity contribution in [2.75, 3.05) is 6.54 Å². The van der Waals surface area contributed by atoms with Crippen molar-refractivity contribution in [3.8, 4) is 9.85 Å². The van der Waals surface area contributed by atoms with E-state index in [4.69, 9.17) is 13.0 Å². The lowest BCUT2D eigenvalue weighted by atomic mass is 9.78. The van der Waals surface area contributed by atoms with E-state index >= 15 is 0 Å². The van der Waals surface area contributed by atoms with Gasteiger partial charge in [0.2, 0.25) is 13.6 Å². The van der Waals surface area contributed by atoms with Gasteiger partial charge in [-0.3, -0.25) is 0 Å². The first-order valence-corrected chi connectivity index (χ1v) is 17.1. The van der Waals surface area contributed by atoms with Crippen molar-refractivity contribution in [3.63, 3.8) is 0 Å². The van der Waals surface area contributed by atoms with Crippen LogP contribution in [0.4, 0.5) is 13.2 Å². The van der Waals surface area contributed by atoms with Gasteiger partial charge in [-0.25, -0.2) is 21.6 Å². The molecule has 1 aliphatic carbocycles. The molecule has 0 bridgehead atoms. The summed E-state index contributed by atoms with van der Waals surface area (Å²) in [5, 5.41) is 0. The fraction of sp³-hybridized carbons (Fsp3) is 0.462. The van der Waals surface area contributed by atoms with Crippen LogP contribution in [0.3, 0.4) is 0 Å². The van der Waals surface area contributed by atoms with Gasteiger partial charge in [0.1, 0.15) is 0 Å². The number of aryl methyl sites for hydroxylation is 1. The number of nitrogens with one attached hydrogen (secondary N) is 1. The summed E-state index contributed by atoms with van der Waals surface area (Å²) in [5.74, 6) is 4.65. The van der Waals surface area contributed by atoms with E-state index in [-0.39, 0.29) is 21.2 Å². The van der Waals surface area contributed by atoms with Crippen LogP contribution in [0.15, 0.2) is 59.5 Å². The molecule has 12 heteroatoms. The summed E-state index contributed by atoms with van der Waals surface area (Å²) >= 11 is -0.274. The highest BCUT2D eigenvalue weighted by Gasteiger charge is 2.37. The summed E-state index contributed by atoms with van der Waals surface area (Å²) in [6.07, 6.45) is 8.25. The van der Waals surface area contributed by atoms with E-state index in [1.165, 1.54) is 35.7 Å². The maximum Gasteiger partial charge on any atom is 0.485 e. The van der Waals surface area contributed by atoms with Crippen LogP contribution in [0.1, 0.15) is 50.5 Å². The topological polar surface area (TPSA) is 103 Å². The summed E-state index contributed by atoms with van der Waals surface area (Å²) in [5.41, 5.74) is -4.59. The summed E-state index contributed by atoms with van der Waals surface area (Å²) in [4.78, 5) is 0.337. The van der Waals surface area contributed by atoms with Gasteiger partial charge in [0, 0.05) is 12.5 Å². The molecule has 38 heavy (non-hydrogen) atoms. The molecule has 2 aromatic carbocycles. The van der Waals surface area contributed by atoms with Gasteiger partial charge in [-0.15, -0.1) is 0 Å². The highest BCUT2D eigenvalue weighted by Crippen LogP contribution is 2.32. The predicted octanol–water partition coefficient (Wildman–Crippen LogP) is 2.22. The normalized spacial score (nSPS) is 15.5. The van der Waals surface area contributed by atoms with Gasteiger partial charge in [-0.1, -0.05) is 55.2 Å². The SMILES string of the molecule is Cc1ccc(S(=O)(=O)NCCCC(C#C[I+]c2ccccc2)C2CCCCC2)cc1.O=S(=O)([O-])C(F)(F)F. The number of alkyl halides is 3. The Bertz CT molecular complexity index is 1270. The lowest BCUT2D eigenvalue weighted by molar-refractivity contribution is -0.535. The first kappa shape index (κ1) is 32.6. The minimum Gasteiger partial charge on any atom is -0.741 e. The Morgan fingerprint density at radius 2 is 1.58 bits per heavy atom. The zero-order valence-corrected chi connectivity index (χ0v) is 24.7. The summed E-state index contributed by atoms with van der Waals surface area (Å²) in [6, 6.07) is 17.5. The molecular formula is C26H31F3INO5S2. The Balaban J connectivity index is 0.000000550. The van der Waals surface area contributed by atoms with E-state index in [9.17, 15) is 21.6 Å². The molecule has 2 aromatic rings. The van der Waals surface area contributed by atoms with E-state index in [1.807, 2.05) is 25.1 Å². The molecule has 1 unspecified atom stereocenters. The quantitative estimate of drug-likeness (QED) is 0.151. The van der Waals surface area contributed by atoms with Gasteiger partial charge in [0.15, 0.2) is 14.0 Å². The zero-order chi connectivity index (χ0) is 28.2. The lowest BCUT2D eigenvalue weighted by Gasteiger charge is -2.26. The van der Waals surface area contributed by atoms with E-state index < -0.39 is 25.6 Å². The first-order valence-electron chi connectivity index (χ1n) is 12.1. The average Bonchev–Trinajstić information content (AvgIpc) is 2.86. The van der Waals surface area contributed by atoms with Crippen molar-refractivity contribution in [1.29, 1.82) is 0 Å². The molecule has 1 N–H and O–H groups in total. The zero-order valence-electron chi connectivity index (χ0n) is 20.9. The third kappa shape index (κ3) is 11.6. The van der Waals surface area contributed by atoms with E-state index in [0.29, 0.717) is 23.3 Å². The molecule has 1 aliphatic rings. The maximum absolute atomic E-state index is 12.5. The average molecular weight is 686 g/mol. The smallest absolute Gasteiger partial charge is 0.485 e. The second-order valence-electron chi connectivity index (χ2n) is 8.89. The molecule has 0 radical (unpaired) electrons. The van der Waals surface area contributed by atoms with Gasteiger partial charge in [0.05, 0.1) is 4.90 Å². The van der Waals surface area contributed by atoms with Crippen molar-refractivity contribution in [1.82, 2.24) is 4.72 Å². The lowest BCUT2D eigenvalue weighted by Crippen LogP contribution is -3.59. The maximum atomic E-state index is 12.5. The van der Waals surface area contributed by atoms with Crippen molar-refractivity contribution >= 4 is 20.1 Å². The van der Waals surface area contributed by atoms with E-state index in [1.54, 1.807) is 12.1 Å². The number of benzene rings is 2. The second kappa shape index (κ2) is 15.2. The molecule has 0 amide bonds. The Morgan fingerprint density at radius 1 is 1.00 bits per heavy atom. The van der Waals surface area contributed by atoms with Gasteiger partial charge < -0.3 is 4.55 Å². The third-order valence-corrected chi connectivity index (χ3v) is 9.91. The number of hydrogen-bond acceptors (Lipinski definition) is 5. The molecule has 3 rings (SSSR count). The Morgan fingerprint density at radius 3 is 2.13 bits per heavy atom. The van der Waals surface area contributed by atoms with Crippen LogP contribution in [0.5, 0.6) is 0 Å². The second-order valence-corrected chi connectivity index (χ2v) is 14.3. The Hall–Kier alpha value is -1.66. The molecule has 210 valence electrons. The van der Waals surface area contributed by atoms with Crippen LogP contribution < -0.4 is 25.9 Å². The predicted molar refractivity (Wildman–Crippen MR) is 134 cm³/mol. The third-order valence-electron chi connectivity index (χ3n) is 5.95. The Kier molecular flexibility index (Phi) is 13.0. The molecule has 0 spiro atoms. The molecule has 1 saturated carbocycles. The fourth-order valence-corrected chi connectivity index (χ4v) is 6.64. The molecule has 1 atom stereocenters. The van der Waals surface area contributed by atoms with Crippen LogP contribution in [-0.2, 0) is 20.1 Å². The summed E-state index contributed by atoms with van der Waals surface area (Å²) < 4.78 is 91.5. The number of rotatable bonds is 8. The van der Waals surface area contributed by atoms with Crippen molar-refractivity contribution in [3.05, 3.63) is 63.7 Å². The van der Waals surface area contributed by atoms with Crippen LogP contribution in [-0.4, -0.2) is 33.4 Å². The van der Waals surface area contributed by atoms with Crippen molar-refractivity contribution < 1.29 is 55.8 Å². The van der Waals surface area contributed by atoms with E-state index in [2.05, 4.69) is 38.8 Å². The molecular weight excluding hydrogens is 654 g/mol. The Labute approximate surface area is 233 Å². The summed E-state index contributed by atoms with van der Waals surface area (Å²) in [7, 11) is -9.52. The number of hydrogen-bond donors (Lipinski definition) is 1. The molecule has 1 fully saturated rings. The minimum atomic E-state index is -6.09. The van der Waals surface area contributed by atoms with Crippen LogP contribution in [0.2, 0.25) is 0 Å². The monoisotopic (exact) mass is 685 g/mol. The van der Waals surface area contributed by atoms with Gasteiger partial charge in [0.25, 0.3) is 0 Å². The van der Waals surface area contributed by atoms with Crippen molar-refractivity contribution in [2.45, 2.75) is 62.3 Å². The van der Waals surface area contributed by atoms with Gasteiger partial charge in [-0.2, -0.15) is 13.2 Å². The van der Waals surface area contributed by atoms with Crippen molar-refractivity contribution in [2.24, 2.45) is 11.8 Å². The highest BCUT2D eigenvalue weighted by molar-refractivity contribution is 7.89. The van der Waals surface area contributed by atoms with Gasteiger partial charge >= 0.3 is 26.7 Å². The minimum absolute atomic E-state index is 0.274. The number of halogens is 4. The van der Waals surface area contributed by atoms with Crippen LogP contribution in [0.25, 0.3) is 0 Å².